The van der Waals surface area contributed by atoms with E-state index in [1.54, 1.807) is 0 Å². The summed E-state index contributed by atoms with van der Waals surface area (Å²) >= 11 is 6.61. The molecule has 0 unspecified atom stereocenters. The number of nitrogens with zero attached hydrogens (tertiary/aromatic N) is 2. The van der Waals surface area contributed by atoms with Crippen LogP contribution in [0.5, 0.6) is 0 Å². The van der Waals surface area contributed by atoms with E-state index >= 15 is 0 Å². The molecule has 0 saturated carbocycles. The van der Waals surface area contributed by atoms with Crippen molar-refractivity contribution in [1.82, 2.24) is 0 Å². The van der Waals surface area contributed by atoms with Crippen LogP contribution in [0.2, 0.25) is 0 Å². The van der Waals surface area contributed by atoms with Crippen LogP contribution in [0.1, 0.15) is 63.8 Å². The molecule has 41 heavy (non-hydrogen) atoms. The van der Waals surface area contributed by atoms with Crippen LogP contribution in [0.15, 0.2) is 83.6 Å². The van der Waals surface area contributed by atoms with Crippen molar-refractivity contribution in [2.75, 3.05) is 18.0 Å². The topological polar surface area (TPSA) is 6.25 Å². The number of hydrogen-bond acceptors (Lipinski definition) is 1. The zero-order chi connectivity index (χ0) is 29.8. The number of likely N-dealkylation sites (N-methyl/N-ethyl adjacent to an activating group) is 1. The fraction of sp³-hybridized carbons (Fsp3) is 0.364. The second-order valence-electron chi connectivity index (χ2n) is 11.2. The maximum atomic E-state index is 9.67. The van der Waals surface area contributed by atoms with Gasteiger partial charge >= 0.3 is 7.54 Å². The van der Waals surface area contributed by atoms with E-state index < -0.39 is 7.54 Å². The first-order chi connectivity index (χ1) is 18.7. The molecule has 2 aliphatic heterocycles. The number of anilines is 1. The second kappa shape index (κ2) is 13.7. The molecule has 2 nitrogen and oxygen atoms in total. The first-order valence-corrected chi connectivity index (χ1v) is 14.1. The highest BCUT2D eigenvalue weighted by Crippen LogP contribution is 2.48. The zero-order valence-electron chi connectivity index (χ0n) is 25.2. The van der Waals surface area contributed by atoms with Crippen LogP contribution in [0, 0.1) is 13.8 Å². The Morgan fingerprint density at radius 3 is 2.10 bits per heavy atom. The fourth-order valence-corrected chi connectivity index (χ4v) is 5.92. The maximum Gasteiger partial charge on any atom is 0.762 e. The van der Waals surface area contributed by atoms with Crippen LogP contribution in [0.25, 0.3) is 0 Å². The van der Waals surface area contributed by atoms with E-state index in [-0.39, 0.29) is 15.5 Å². The Morgan fingerprint density at radius 1 is 0.927 bits per heavy atom. The van der Waals surface area contributed by atoms with Crippen LogP contribution in [0.3, 0.4) is 0 Å². The lowest BCUT2D eigenvalue weighted by atomic mass is 9.81. The van der Waals surface area contributed by atoms with Gasteiger partial charge in [0.2, 0.25) is 5.69 Å². The summed E-state index contributed by atoms with van der Waals surface area (Å²) in [6, 6.07) is 13.5. The molecule has 0 saturated heterocycles. The van der Waals surface area contributed by atoms with E-state index in [0.717, 1.165) is 13.1 Å². The summed E-state index contributed by atoms with van der Waals surface area (Å²) < 4.78 is 31.4. The number of rotatable bonds is 6. The average Bonchev–Trinajstić information content (AvgIpc) is 3.21. The summed E-state index contributed by atoms with van der Waals surface area (Å²) in [5.74, 6) is 0. The van der Waals surface area contributed by atoms with Crippen molar-refractivity contribution >= 4 is 36.2 Å². The van der Waals surface area contributed by atoms with E-state index in [1.807, 2.05) is 12.2 Å². The Hall–Kier alpha value is -3.06. The van der Waals surface area contributed by atoms with Gasteiger partial charge in [0.1, 0.15) is 6.54 Å². The van der Waals surface area contributed by atoms with E-state index in [1.165, 1.54) is 45.0 Å². The molecule has 0 aliphatic carbocycles. The molecule has 0 atom stereocenters. The molecule has 0 bridgehead atoms. The van der Waals surface area contributed by atoms with Crippen molar-refractivity contribution in [3.05, 3.63) is 106 Å². The Bertz CT molecular complexity index is 1400. The molecule has 2 aromatic carbocycles. The maximum absolute atomic E-state index is 9.67. The molecule has 2 heterocycles. The Morgan fingerprint density at radius 2 is 1.51 bits per heavy atom. The third-order valence-corrected chi connectivity index (χ3v) is 8.00. The van der Waals surface area contributed by atoms with E-state index in [2.05, 4.69) is 126 Å². The monoisotopic (exact) mass is 586 g/mol. The molecule has 0 spiro atoms. The van der Waals surface area contributed by atoms with Crippen LogP contribution >= 0.6 is 11.6 Å². The Balaban J connectivity index is 0.00000110. The minimum Gasteiger partial charge on any atom is -1.00 e. The quantitative estimate of drug-likeness (QED) is 0.162. The molecule has 8 heteroatoms. The predicted molar refractivity (Wildman–Crippen MR) is 166 cm³/mol. The van der Waals surface area contributed by atoms with Crippen molar-refractivity contribution in [1.29, 1.82) is 0 Å². The number of fused-ring (bicyclic) bond motifs is 2. The normalized spacial score (nSPS) is 18.0. The van der Waals surface area contributed by atoms with Crippen LogP contribution < -0.4 is 9.60 Å². The summed E-state index contributed by atoms with van der Waals surface area (Å²) in [6.07, 6.45) is 12.6. The summed E-state index contributed by atoms with van der Waals surface area (Å²) in [4.78, 5) is 2.41. The van der Waals surface area contributed by atoms with Crippen molar-refractivity contribution in [2.45, 2.75) is 66.2 Å². The number of benzene rings is 2. The first-order valence-electron chi connectivity index (χ1n) is 13.7. The zero-order valence-corrected chi connectivity index (χ0v) is 26.0. The van der Waals surface area contributed by atoms with E-state index in [9.17, 15) is 12.9 Å². The molecule has 0 N–H and O–H groups in total. The van der Waals surface area contributed by atoms with Crippen molar-refractivity contribution < 1.29 is 22.2 Å². The lowest BCUT2D eigenvalue weighted by Gasteiger charge is -2.25. The average molecular weight is 587 g/mol. The molecule has 0 radical (unpaired) electrons. The number of halogens is 5. The second-order valence-corrected chi connectivity index (χ2v) is 11.7. The highest BCUT2D eigenvalue weighted by Gasteiger charge is 2.43. The molecule has 2 aromatic rings. The molecular weight excluding hydrogens is 547 g/mol. The van der Waals surface area contributed by atoms with E-state index in [4.69, 9.17) is 11.6 Å². The fourth-order valence-electron chi connectivity index (χ4n) is 5.78. The van der Waals surface area contributed by atoms with Crippen molar-refractivity contribution in [2.24, 2.45) is 0 Å². The molecular formula is C33H40BClF4N2. The van der Waals surface area contributed by atoms with Crippen LogP contribution in [-0.2, 0) is 10.8 Å². The Kier molecular flexibility index (Phi) is 11.4. The van der Waals surface area contributed by atoms with Crippen molar-refractivity contribution in [3.63, 3.8) is 0 Å². The highest BCUT2D eigenvalue weighted by atomic mass is 35.5. The Labute approximate surface area is 248 Å². The van der Waals surface area contributed by atoms with Gasteiger partial charge in [0, 0.05) is 46.1 Å². The van der Waals surface area contributed by atoms with Gasteiger partial charge in [0.25, 0.3) is 0 Å². The largest absolute Gasteiger partial charge is 1.00 e. The molecule has 2 aliphatic rings. The highest BCUT2D eigenvalue weighted by molar-refractivity contribution is 6.33. The SMILES string of the molecule is CCN1/C(=C/C=C/C(Cl)=C/C=C/C2=[N+](CC)c3ccc(C)cc3C2(C)C)C(C)(C)c2cc(C)ccc21.FB(F)F.[F-]. The summed E-state index contributed by atoms with van der Waals surface area (Å²) in [6.45, 7) is 19.9. The number of allylic oxidation sites excluding steroid dienone is 8. The standard InChI is InChI=1S/C33H40ClN2.BF3.FH/c1-9-35-28-19-17-23(3)21-26(28)32(5,6)30(35)15-11-13-25(34)14-12-16-31-33(7,8)27-22-24(4)18-20-29(27)36(31)10-2;2-1(3)4;/h11-22H,9-10H2,1-8H3;;1H/q+1;;/p-1. The third-order valence-electron chi connectivity index (χ3n) is 7.75. The molecule has 0 amide bonds. The summed E-state index contributed by atoms with van der Waals surface area (Å²) in [5, 5.41) is 0.711. The van der Waals surface area contributed by atoms with Crippen molar-refractivity contribution in [3.8, 4) is 0 Å². The van der Waals surface area contributed by atoms with Gasteiger partial charge in [0.05, 0.1) is 5.41 Å². The van der Waals surface area contributed by atoms with Gasteiger partial charge in [0.15, 0.2) is 5.71 Å². The van der Waals surface area contributed by atoms with Gasteiger partial charge < -0.3 is 9.60 Å². The summed E-state index contributed by atoms with van der Waals surface area (Å²) in [7, 11) is -3.67. The molecule has 220 valence electrons. The van der Waals surface area contributed by atoms with Gasteiger partial charge in [-0.05, 0) is 77.5 Å². The van der Waals surface area contributed by atoms with Gasteiger partial charge in [-0.2, -0.15) is 4.58 Å². The van der Waals surface area contributed by atoms with Gasteiger partial charge in [-0.3, -0.25) is 12.9 Å². The smallest absolute Gasteiger partial charge is 0.762 e. The number of hydrogen-bond donors (Lipinski definition) is 0. The molecule has 0 fully saturated rings. The molecule has 4 rings (SSSR count). The summed E-state index contributed by atoms with van der Waals surface area (Å²) in [5.41, 5.74) is 10.5. The van der Waals surface area contributed by atoms with Gasteiger partial charge in [-0.25, -0.2) is 0 Å². The predicted octanol–water partition coefficient (Wildman–Crippen LogP) is 6.52. The van der Waals surface area contributed by atoms with Crippen LogP contribution in [0.4, 0.5) is 24.3 Å². The lowest BCUT2D eigenvalue weighted by Crippen LogP contribution is -3.00. The first kappa shape index (κ1) is 34.1. The number of aryl methyl sites for hydroxylation is 2. The van der Waals surface area contributed by atoms with E-state index in [0.29, 0.717) is 5.03 Å². The minimum atomic E-state index is -3.67. The third kappa shape index (κ3) is 7.24. The minimum absolute atomic E-state index is 0. The lowest BCUT2D eigenvalue weighted by molar-refractivity contribution is -0.433. The molecule has 0 aromatic heterocycles. The van der Waals surface area contributed by atoms with Gasteiger partial charge in [-0.15, -0.1) is 0 Å². The van der Waals surface area contributed by atoms with Gasteiger partial charge in [-0.1, -0.05) is 66.9 Å². The van der Waals surface area contributed by atoms with Crippen LogP contribution in [-0.4, -0.2) is 30.9 Å².